The van der Waals surface area contributed by atoms with Crippen LogP contribution in [0.2, 0.25) is 0 Å². The van der Waals surface area contributed by atoms with Crippen LogP contribution in [0.5, 0.6) is 0 Å². The van der Waals surface area contributed by atoms with Crippen molar-refractivity contribution in [2.24, 2.45) is 0 Å². The van der Waals surface area contributed by atoms with Crippen molar-refractivity contribution in [2.75, 3.05) is 0 Å². The van der Waals surface area contributed by atoms with E-state index in [-0.39, 0.29) is 75.0 Å². The summed E-state index contributed by atoms with van der Waals surface area (Å²) in [5, 5.41) is 0. The molecule has 0 aliphatic carbocycles. The molecule has 0 heterocycles. The van der Waals surface area contributed by atoms with E-state index in [4.69, 9.17) is 0 Å². The Morgan fingerprint density at radius 3 is 0.750 bits per heavy atom. The molecule has 0 aromatic carbocycles. The molecule has 0 saturated heterocycles. The normalized spacial score (nSPS) is 0. The Balaban J connectivity index is 0. The molecule has 0 amide bonds. The Labute approximate surface area is 73.9 Å². The molecule has 0 aromatic heterocycles. The summed E-state index contributed by atoms with van der Waals surface area (Å²) in [6, 6.07) is 0. The predicted octanol–water partition coefficient (Wildman–Crippen LogP) is -5.95. The molecular formula is HCaCl3. The molecule has 0 fully saturated rings. The summed E-state index contributed by atoms with van der Waals surface area (Å²) in [5.74, 6) is 0. The van der Waals surface area contributed by atoms with Gasteiger partial charge >= 0.3 is 37.7 Å². The van der Waals surface area contributed by atoms with Crippen LogP contribution < -0.4 is 24.8 Å². The third-order valence-electron chi connectivity index (χ3n) is 0. The van der Waals surface area contributed by atoms with Gasteiger partial charge in [-0.3, -0.25) is 0 Å². The summed E-state index contributed by atoms with van der Waals surface area (Å²) in [6.45, 7) is 0. The number of halogens is 3. The first-order valence-corrected chi connectivity index (χ1v) is 0. The summed E-state index contributed by atoms with van der Waals surface area (Å²) < 4.78 is 0. The topological polar surface area (TPSA) is 0 Å². The van der Waals surface area contributed by atoms with Crippen LogP contribution in [0.15, 0.2) is 0 Å². The first kappa shape index (κ1) is 35.6. The number of hydrogen-bond donors (Lipinski definition) is 0. The maximum Gasteiger partial charge on any atom is 2.00 e. The monoisotopic (exact) mass is 146 g/mol. The van der Waals surface area contributed by atoms with E-state index < -0.39 is 0 Å². The van der Waals surface area contributed by atoms with E-state index in [2.05, 4.69) is 0 Å². The second-order valence-corrected chi connectivity index (χ2v) is 0. The summed E-state index contributed by atoms with van der Waals surface area (Å²) in [4.78, 5) is 0. The molecule has 0 unspecified atom stereocenters. The molecule has 0 aliphatic heterocycles. The zero-order chi connectivity index (χ0) is 0. The Morgan fingerprint density at radius 1 is 0.750 bits per heavy atom. The van der Waals surface area contributed by atoms with Gasteiger partial charge in [-0.1, -0.05) is 0 Å². The average Bonchev–Trinajstić information content (AvgIpc) is 0. The van der Waals surface area contributed by atoms with Gasteiger partial charge < -0.3 is 24.8 Å². The molecule has 0 aliphatic rings. The van der Waals surface area contributed by atoms with Gasteiger partial charge in [0.25, 0.3) is 0 Å². The summed E-state index contributed by atoms with van der Waals surface area (Å²) in [7, 11) is 0. The fourth-order valence-corrected chi connectivity index (χ4v) is 0. The van der Waals surface area contributed by atoms with Crippen LogP contribution in [0.1, 0.15) is 0 Å². The summed E-state index contributed by atoms with van der Waals surface area (Å²) in [6.07, 6.45) is 0. The maximum absolute atomic E-state index is 0. The quantitative estimate of drug-likeness (QED) is 0.300. The third-order valence-corrected chi connectivity index (χ3v) is 0. The Bertz CT molecular complexity index is 3.25. The van der Waals surface area contributed by atoms with Crippen molar-refractivity contribution in [1.82, 2.24) is 0 Å². The van der Waals surface area contributed by atoms with E-state index in [1.807, 2.05) is 0 Å². The van der Waals surface area contributed by atoms with Crippen molar-refractivity contribution in [2.45, 2.75) is 0 Å². The van der Waals surface area contributed by atoms with E-state index >= 15 is 0 Å². The van der Waals surface area contributed by atoms with Crippen molar-refractivity contribution in [3.63, 3.8) is 0 Å². The van der Waals surface area contributed by atoms with Crippen molar-refractivity contribution in [3.05, 3.63) is 0 Å². The smallest absolute Gasteiger partial charge is 1.00 e. The summed E-state index contributed by atoms with van der Waals surface area (Å²) >= 11 is 0. The third kappa shape index (κ3) is 8.92. The van der Waals surface area contributed by atoms with Crippen molar-refractivity contribution in [3.8, 4) is 0 Å². The van der Waals surface area contributed by atoms with Gasteiger partial charge in [0.15, 0.2) is 0 Å². The Morgan fingerprint density at radius 2 is 0.750 bits per heavy atom. The van der Waals surface area contributed by atoms with Gasteiger partial charge in [0, 0.05) is 0 Å². The minimum absolute atomic E-state index is 0. The molecule has 0 saturated carbocycles. The fourth-order valence-electron chi connectivity index (χ4n) is 0. The molecular weight excluding hydrogens is 146 g/mol. The molecule has 0 radical (unpaired) electrons. The second kappa shape index (κ2) is 19.3. The standard InChI is InChI=1S/Ca.3ClH/h;3*1H/q+2;;;/p-2. The average molecular weight is 147 g/mol. The van der Waals surface area contributed by atoms with Gasteiger partial charge in [-0.2, -0.15) is 0 Å². The SMILES string of the molecule is Cl.[Ca+2].[Cl-].[Cl-]. The Hall–Kier alpha value is 2.13. The molecule has 0 atom stereocenters. The number of rotatable bonds is 0. The van der Waals surface area contributed by atoms with Crippen LogP contribution in [0.4, 0.5) is 0 Å². The molecule has 0 nitrogen and oxygen atoms in total. The molecule has 0 N–H and O–H groups in total. The first-order valence-electron chi connectivity index (χ1n) is 0. The van der Waals surface area contributed by atoms with Crippen molar-refractivity contribution >= 4 is 50.1 Å². The zero-order valence-corrected chi connectivity index (χ0v) is 6.41. The zero-order valence-electron chi connectivity index (χ0n) is 1.87. The second-order valence-electron chi connectivity index (χ2n) is 0. The van der Waals surface area contributed by atoms with Gasteiger partial charge in [0.1, 0.15) is 0 Å². The van der Waals surface area contributed by atoms with E-state index in [0.717, 1.165) is 0 Å². The van der Waals surface area contributed by atoms with Crippen molar-refractivity contribution in [1.29, 1.82) is 0 Å². The van der Waals surface area contributed by atoms with Gasteiger partial charge in [-0.15, -0.1) is 12.4 Å². The minimum Gasteiger partial charge on any atom is -1.00 e. The fraction of sp³-hybridized carbons (Fsp3) is 0. The van der Waals surface area contributed by atoms with Gasteiger partial charge in [-0.05, 0) is 0 Å². The van der Waals surface area contributed by atoms with Gasteiger partial charge in [0.2, 0.25) is 0 Å². The molecule has 0 aromatic rings. The Kier molecular flexibility index (Phi) is 171. The van der Waals surface area contributed by atoms with E-state index in [1.54, 1.807) is 0 Å². The molecule has 24 valence electrons. The van der Waals surface area contributed by atoms with Crippen LogP contribution in [0, 0.1) is 0 Å². The largest absolute Gasteiger partial charge is 2.00 e. The summed E-state index contributed by atoms with van der Waals surface area (Å²) in [5.41, 5.74) is 0. The van der Waals surface area contributed by atoms with Crippen LogP contribution in [-0.2, 0) is 0 Å². The van der Waals surface area contributed by atoms with Crippen molar-refractivity contribution < 1.29 is 24.8 Å². The van der Waals surface area contributed by atoms with Crippen LogP contribution >= 0.6 is 12.4 Å². The van der Waals surface area contributed by atoms with E-state index in [0.29, 0.717) is 0 Å². The van der Waals surface area contributed by atoms with Gasteiger partial charge in [-0.25, -0.2) is 0 Å². The van der Waals surface area contributed by atoms with Crippen LogP contribution in [-0.4, -0.2) is 37.7 Å². The maximum atomic E-state index is 0. The predicted molar refractivity (Wildman–Crippen MR) is 13.0 cm³/mol. The van der Waals surface area contributed by atoms with Crippen LogP contribution in [0.25, 0.3) is 0 Å². The molecule has 4 heavy (non-hydrogen) atoms. The number of hydrogen-bond acceptors (Lipinski definition) is 0. The van der Waals surface area contributed by atoms with E-state index in [1.165, 1.54) is 0 Å². The first-order chi connectivity index (χ1) is 0. The molecule has 0 rings (SSSR count). The molecule has 0 spiro atoms. The van der Waals surface area contributed by atoms with E-state index in [9.17, 15) is 0 Å². The minimum atomic E-state index is 0. The van der Waals surface area contributed by atoms with Crippen LogP contribution in [0.3, 0.4) is 0 Å². The van der Waals surface area contributed by atoms with Gasteiger partial charge in [0.05, 0.1) is 0 Å². The molecule has 0 bridgehead atoms. The molecule has 4 heteroatoms.